The Balaban J connectivity index is 1.75. The molecule has 0 unspecified atom stereocenters. The fraction of sp³-hybridized carbons (Fsp3) is 0.500. The lowest BCUT2D eigenvalue weighted by atomic mass is 10.1. The second-order valence-electron chi connectivity index (χ2n) is 6.01. The number of hydrogen-bond donors (Lipinski definition) is 0. The first kappa shape index (κ1) is 18.2. The molecular formula is C18H24N4O4. The Hall–Kier alpha value is -2.61. The minimum Gasteiger partial charge on any atom is -0.481 e. The van der Waals surface area contributed by atoms with Crippen LogP contribution in [0.15, 0.2) is 18.2 Å². The van der Waals surface area contributed by atoms with Gasteiger partial charge >= 0.3 is 6.09 Å². The van der Waals surface area contributed by atoms with E-state index in [0.29, 0.717) is 37.1 Å². The fourth-order valence-electron chi connectivity index (χ4n) is 3.02. The van der Waals surface area contributed by atoms with E-state index in [-0.39, 0.29) is 6.09 Å². The predicted octanol–water partition coefficient (Wildman–Crippen LogP) is 1.92. The number of hydrogen-bond acceptors (Lipinski definition) is 7. The van der Waals surface area contributed by atoms with Crippen LogP contribution in [-0.2, 0) is 11.3 Å². The van der Waals surface area contributed by atoms with Gasteiger partial charge in [-0.2, -0.15) is 9.97 Å². The number of carbonyl (C=O) groups excluding carboxylic acids is 1. The molecule has 1 aliphatic rings. The second-order valence-corrected chi connectivity index (χ2v) is 6.01. The monoisotopic (exact) mass is 360 g/mol. The van der Waals surface area contributed by atoms with Gasteiger partial charge in [0.15, 0.2) is 5.65 Å². The van der Waals surface area contributed by atoms with E-state index in [1.54, 1.807) is 19.1 Å². The van der Waals surface area contributed by atoms with Gasteiger partial charge in [-0.1, -0.05) is 0 Å². The smallest absolute Gasteiger partial charge is 0.409 e. The molecule has 0 saturated carbocycles. The third-order valence-corrected chi connectivity index (χ3v) is 4.42. The SMILES string of the molecule is CCOC(=O)N1CCN(Cc2cc(OC)nc3nc(OC)ccc23)CC1. The van der Waals surface area contributed by atoms with Gasteiger partial charge in [-0.15, -0.1) is 0 Å². The van der Waals surface area contributed by atoms with Crippen LogP contribution in [0.3, 0.4) is 0 Å². The highest BCUT2D eigenvalue weighted by molar-refractivity contribution is 5.80. The van der Waals surface area contributed by atoms with Crippen molar-refractivity contribution in [3.63, 3.8) is 0 Å². The Morgan fingerprint density at radius 1 is 1.08 bits per heavy atom. The quantitative estimate of drug-likeness (QED) is 0.806. The molecule has 0 aromatic carbocycles. The molecule has 2 aromatic heterocycles. The molecule has 0 N–H and O–H groups in total. The standard InChI is InChI=1S/C18H24N4O4/c1-4-26-18(23)22-9-7-21(8-10-22)12-13-11-16(25-3)20-17-14(13)5-6-15(19-17)24-2/h5-6,11H,4,7-10,12H2,1-3H3. The molecule has 1 fully saturated rings. The lowest BCUT2D eigenvalue weighted by Crippen LogP contribution is -2.48. The van der Waals surface area contributed by atoms with Crippen molar-refractivity contribution < 1.29 is 19.0 Å². The Morgan fingerprint density at radius 3 is 2.42 bits per heavy atom. The molecule has 3 rings (SSSR count). The summed E-state index contributed by atoms with van der Waals surface area (Å²) >= 11 is 0. The van der Waals surface area contributed by atoms with Gasteiger partial charge < -0.3 is 19.1 Å². The molecule has 0 radical (unpaired) electrons. The van der Waals surface area contributed by atoms with Crippen molar-refractivity contribution in [2.75, 3.05) is 47.0 Å². The number of piperazine rings is 1. The number of aromatic nitrogens is 2. The summed E-state index contributed by atoms with van der Waals surface area (Å²) in [5.41, 5.74) is 1.69. The molecule has 140 valence electrons. The summed E-state index contributed by atoms with van der Waals surface area (Å²) in [7, 11) is 3.18. The summed E-state index contributed by atoms with van der Waals surface area (Å²) in [6.45, 7) is 5.84. The van der Waals surface area contributed by atoms with Crippen LogP contribution in [0, 0.1) is 0 Å². The van der Waals surface area contributed by atoms with Gasteiger partial charge in [-0.25, -0.2) is 4.79 Å². The molecule has 0 spiro atoms. The Bertz CT molecular complexity index is 770. The maximum atomic E-state index is 11.8. The highest BCUT2D eigenvalue weighted by atomic mass is 16.6. The van der Waals surface area contributed by atoms with Crippen LogP contribution >= 0.6 is 0 Å². The van der Waals surface area contributed by atoms with Crippen molar-refractivity contribution in [3.05, 3.63) is 23.8 Å². The van der Waals surface area contributed by atoms with E-state index in [9.17, 15) is 4.79 Å². The van der Waals surface area contributed by atoms with Crippen molar-refractivity contribution in [1.29, 1.82) is 0 Å². The zero-order chi connectivity index (χ0) is 18.5. The zero-order valence-electron chi connectivity index (χ0n) is 15.4. The number of ether oxygens (including phenoxy) is 3. The summed E-state index contributed by atoms with van der Waals surface area (Å²) < 4.78 is 15.6. The normalized spacial score (nSPS) is 15.1. The Morgan fingerprint density at radius 2 is 1.77 bits per heavy atom. The molecule has 0 bridgehead atoms. The fourth-order valence-corrected chi connectivity index (χ4v) is 3.02. The largest absolute Gasteiger partial charge is 0.481 e. The summed E-state index contributed by atoms with van der Waals surface area (Å²) in [6, 6.07) is 5.74. The zero-order valence-corrected chi connectivity index (χ0v) is 15.4. The maximum Gasteiger partial charge on any atom is 0.409 e. The van der Waals surface area contributed by atoms with Gasteiger partial charge in [0.05, 0.1) is 20.8 Å². The maximum absolute atomic E-state index is 11.8. The van der Waals surface area contributed by atoms with Gasteiger partial charge in [0.25, 0.3) is 0 Å². The van der Waals surface area contributed by atoms with E-state index in [4.69, 9.17) is 14.2 Å². The van der Waals surface area contributed by atoms with Gasteiger partial charge in [0.2, 0.25) is 11.8 Å². The first-order chi connectivity index (χ1) is 12.6. The molecule has 26 heavy (non-hydrogen) atoms. The number of amides is 1. The van der Waals surface area contributed by atoms with Crippen molar-refractivity contribution >= 4 is 17.1 Å². The van der Waals surface area contributed by atoms with Crippen LogP contribution in [0.5, 0.6) is 11.8 Å². The van der Waals surface area contributed by atoms with Crippen molar-refractivity contribution in [2.45, 2.75) is 13.5 Å². The molecule has 0 aliphatic carbocycles. The highest BCUT2D eigenvalue weighted by Gasteiger charge is 2.22. The van der Waals surface area contributed by atoms with Crippen molar-refractivity contribution in [2.24, 2.45) is 0 Å². The average Bonchev–Trinajstić information content (AvgIpc) is 2.68. The molecule has 0 atom stereocenters. The topological polar surface area (TPSA) is 77.0 Å². The third-order valence-electron chi connectivity index (χ3n) is 4.42. The number of pyridine rings is 2. The first-order valence-corrected chi connectivity index (χ1v) is 8.67. The summed E-state index contributed by atoms with van der Waals surface area (Å²) in [6.07, 6.45) is -0.237. The minimum atomic E-state index is -0.237. The summed E-state index contributed by atoms with van der Waals surface area (Å²) in [5.74, 6) is 1.05. The predicted molar refractivity (Wildman–Crippen MR) is 96.5 cm³/mol. The van der Waals surface area contributed by atoms with Crippen molar-refractivity contribution in [3.8, 4) is 11.8 Å². The minimum absolute atomic E-state index is 0.237. The Labute approximate surface area is 152 Å². The van der Waals surface area contributed by atoms with E-state index >= 15 is 0 Å². The van der Waals surface area contributed by atoms with E-state index in [1.807, 2.05) is 25.1 Å². The highest BCUT2D eigenvalue weighted by Crippen LogP contribution is 2.24. The molecule has 2 aromatic rings. The number of carbonyl (C=O) groups is 1. The average molecular weight is 360 g/mol. The van der Waals surface area contributed by atoms with E-state index in [0.717, 1.165) is 30.6 Å². The van der Waals surface area contributed by atoms with Crippen molar-refractivity contribution in [1.82, 2.24) is 19.8 Å². The molecule has 1 aliphatic heterocycles. The van der Waals surface area contributed by atoms with Gasteiger partial charge in [0, 0.05) is 50.2 Å². The Kier molecular flexibility index (Phi) is 5.72. The van der Waals surface area contributed by atoms with Gasteiger partial charge in [-0.3, -0.25) is 4.90 Å². The second kappa shape index (κ2) is 8.18. The van der Waals surface area contributed by atoms with Crippen LogP contribution in [0.25, 0.3) is 11.0 Å². The molecule has 1 amide bonds. The van der Waals surface area contributed by atoms with Crippen LogP contribution in [0.4, 0.5) is 4.79 Å². The number of fused-ring (bicyclic) bond motifs is 1. The van der Waals surface area contributed by atoms with Gasteiger partial charge in [-0.05, 0) is 18.6 Å². The number of rotatable bonds is 5. The lowest BCUT2D eigenvalue weighted by Gasteiger charge is -2.34. The molecule has 1 saturated heterocycles. The van der Waals surface area contributed by atoms with Gasteiger partial charge in [0.1, 0.15) is 0 Å². The summed E-state index contributed by atoms with van der Waals surface area (Å²) in [5, 5.41) is 0.972. The van der Waals surface area contributed by atoms with Crippen LogP contribution in [-0.4, -0.2) is 72.9 Å². The lowest BCUT2D eigenvalue weighted by molar-refractivity contribution is 0.0779. The summed E-state index contributed by atoms with van der Waals surface area (Å²) in [4.78, 5) is 24.7. The van der Waals surface area contributed by atoms with Crippen LogP contribution in [0.1, 0.15) is 12.5 Å². The van der Waals surface area contributed by atoms with Crippen LogP contribution < -0.4 is 9.47 Å². The number of methoxy groups -OCH3 is 2. The van der Waals surface area contributed by atoms with E-state index in [2.05, 4.69) is 14.9 Å². The van der Waals surface area contributed by atoms with E-state index in [1.165, 1.54) is 0 Å². The molecular weight excluding hydrogens is 336 g/mol. The molecule has 3 heterocycles. The molecule has 8 heteroatoms. The van der Waals surface area contributed by atoms with Crippen LogP contribution in [0.2, 0.25) is 0 Å². The number of nitrogens with zero attached hydrogens (tertiary/aromatic N) is 4. The van der Waals surface area contributed by atoms with E-state index < -0.39 is 0 Å². The first-order valence-electron chi connectivity index (χ1n) is 8.67. The third kappa shape index (κ3) is 3.96. The molecule has 8 nitrogen and oxygen atoms in total.